The van der Waals surface area contributed by atoms with Gasteiger partial charge in [0.15, 0.2) is 0 Å². The largest absolute Gasteiger partial charge is 0.372 e. The molecular formula is C14H21ClN2O2. The van der Waals surface area contributed by atoms with Crippen LogP contribution in [0.5, 0.6) is 0 Å². The first-order chi connectivity index (χ1) is 9.08. The van der Waals surface area contributed by atoms with E-state index in [-0.39, 0.29) is 12.5 Å². The van der Waals surface area contributed by atoms with Crippen LogP contribution in [0.1, 0.15) is 20.3 Å². The lowest BCUT2D eigenvalue weighted by Crippen LogP contribution is -2.25. The van der Waals surface area contributed by atoms with Crippen LogP contribution in [0, 0.1) is 0 Å². The third kappa shape index (κ3) is 7.82. The maximum Gasteiger partial charge on any atom is 0.250 e. The summed E-state index contributed by atoms with van der Waals surface area (Å²) in [6.07, 6.45) is 0.895. The number of benzene rings is 1. The lowest BCUT2D eigenvalue weighted by atomic mass is 10.3. The number of carbonyl (C=O) groups is 1. The molecule has 1 aromatic rings. The summed E-state index contributed by atoms with van der Waals surface area (Å²) in [4.78, 5) is 11.6. The molecule has 0 fully saturated rings. The Kier molecular flexibility index (Phi) is 7.48. The smallest absolute Gasteiger partial charge is 0.250 e. The highest BCUT2D eigenvalue weighted by molar-refractivity contribution is 6.30. The summed E-state index contributed by atoms with van der Waals surface area (Å²) < 4.78 is 5.30. The maximum absolute atomic E-state index is 11.6. The first kappa shape index (κ1) is 16.0. The van der Waals surface area contributed by atoms with Gasteiger partial charge < -0.3 is 15.4 Å². The molecule has 0 bridgehead atoms. The number of carbonyl (C=O) groups excluding carboxylic acids is 1. The molecule has 0 spiro atoms. The van der Waals surface area contributed by atoms with E-state index < -0.39 is 0 Å². The normalized spacial score (nSPS) is 10.7. The van der Waals surface area contributed by atoms with Crippen molar-refractivity contribution in [3.63, 3.8) is 0 Å². The zero-order valence-corrected chi connectivity index (χ0v) is 12.2. The Morgan fingerprint density at radius 2 is 2.00 bits per heavy atom. The molecular weight excluding hydrogens is 264 g/mol. The highest BCUT2D eigenvalue weighted by Gasteiger charge is 2.02. The Morgan fingerprint density at radius 1 is 1.32 bits per heavy atom. The zero-order chi connectivity index (χ0) is 14.1. The Labute approximate surface area is 119 Å². The number of ether oxygens (including phenoxy) is 1. The number of hydrogen-bond acceptors (Lipinski definition) is 3. The summed E-state index contributed by atoms with van der Waals surface area (Å²) >= 11 is 5.76. The Balaban J connectivity index is 2.09. The molecule has 0 heterocycles. The standard InChI is InChI=1S/C14H21ClN2O2/c1-11(2)16-8-3-9-19-10-14(18)17-13-6-4-12(15)5-7-13/h4-7,11,16H,3,8-10H2,1-2H3,(H,17,18). The minimum absolute atomic E-state index is 0.0737. The van der Waals surface area contributed by atoms with E-state index in [1.54, 1.807) is 24.3 Å². The van der Waals surface area contributed by atoms with Gasteiger partial charge in [0.05, 0.1) is 0 Å². The fourth-order valence-electron chi connectivity index (χ4n) is 1.46. The monoisotopic (exact) mass is 284 g/mol. The van der Waals surface area contributed by atoms with Crippen molar-refractivity contribution in [1.82, 2.24) is 5.32 Å². The summed E-state index contributed by atoms with van der Waals surface area (Å²) in [6, 6.07) is 7.46. The molecule has 106 valence electrons. The molecule has 0 saturated carbocycles. The van der Waals surface area contributed by atoms with Crippen LogP contribution >= 0.6 is 11.6 Å². The van der Waals surface area contributed by atoms with Crippen molar-refractivity contribution in [3.05, 3.63) is 29.3 Å². The van der Waals surface area contributed by atoms with Gasteiger partial charge >= 0.3 is 0 Å². The van der Waals surface area contributed by atoms with Crippen molar-refractivity contribution in [1.29, 1.82) is 0 Å². The molecule has 0 saturated heterocycles. The van der Waals surface area contributed by atoms with Gasteiger partial charge in [-0.25, -0.2) is 0 Å². The van der Waals surface area contributed by atoms with Crippen molar-refractivity contribution in [2.24, 2.45) is 0 Å². The maximum atomic E-state index is 11.6. The molecule has 1 amide bonds. The van der Waals surface area contributed by atoms with Gasteiger partial charge in [-0.2, -0.15) is 0 Å². The number of anilines is 1. The Morgan fingerprint density at radius 3 is 2.63 bits per heavy atom. The third-order valence-electron chi connectivity index (χ3n) is 2.38. The van der Waals surface area contributed by atoms with Crippen LogP contribution in [0.4, 0.5) is 5.69 Å². The van der Waals surface area contributed by atoms with Crippen molar-refractivity contribution < 1.29 is 9.53 Å². The van der Waals surface area contributed by atoms with Gasteiger partial charge in [0.25, 0.3) is 0 Å². The molecule has 0 aliphatic heterocycles. The van der Waals surface area contributed by atoms with E-state index in [0.29, 0.717) is 17.7 Å². The highest BCUT2D eigenvalue weighted by Crippen LogP contribution is 2.13. The van der Waals surface area contributed by atoms with Crippen LogP contribution in [-0.4, -0.2) is 31.7 Å². The van der Waals surface area contributed by atoms with Crippen LogP contribution in [0.2, 0.25) is 5.02 Å². The van der Waals surface area contributed by atoms with Gasteiger partial charge in [0, 0.05) is 23.4 Å². The molecule has 1 aromatic carbocycles. The first-order valence-corrected chi connectivity index (χ1v) is 6.82. The van der Waals surface area contributed by atoms with Crippen LogP contribution < -0.4 is 10.6 Å². The van der Waals surface area contributed by atoms with E-state index in [9.17, 15) is 4.79 Å². The van der Waals surface area contributed by atoms with E-state index >= 15 is 0 Å². The van der Waals surface area contributed by atoms with Crippen LogP contribution in [-0.2, 0) is 9.53 Å². The number of halogens is 1. The SMILES string of the molecule is CC(C)NCCCOCC(=O)Nc1ccc(Cl)cc1. The molecule has 0 radical (unpaired) electrons. The van der Waals surface area contributed by atoms with Gasteiger partial charge in [-0.3, -0.25) is 4.79 Å². The van der Waals surface area contributed by atoms with E-state index in [2.05, 4.69) is 24.5 Å². The summed E-state index contributed by atoms with van der Waals surface area (Å²) in [7, 11) is 0. The average Bonchev–Trinajstić information content (AvgIpc) is 2.36. The van der Waals surface area contributed by atoms with Crippen LogP contribution in [0.15, 0.2) is 24.3 Å². The first-order valence-electron chi connectivity index (χ1n) is 6.44. The molecule has 5 heteroatoms. The molecule has 1 rings (SSSR count). The minimum atomic E-state index is -0.154. The van der Waals surface area contributed by atoms with E-state index in [1.165, 1.54) is 0 Å². The van der Waals surface area contributed by atoms with Gasteiger partial charge in [-0.05, 0) is 37.2 Å². The van der Waals surface area contributed by atoms with Gasteiger partial charge in [-0.1, -0.05) is 25.4 Å². The summed E-state index contributed by atoms with van der Waals surface area (Å²) in [5, 5.41) is 6.67. The molecule has 0 atom stereocenters. The number of rotatable bonds is 8. The summed E-state index contributed by atoms with van der Waals surface area (Å²) in [5.74, 6) is -0.154. The molecule has 0 aromatic heterocycles. The summed E-state index contributed by atoms with van der Waals surface area (Å²) in [5.41, 5.74) is 0.722. The Bertz CT molecular complexity index is 380. The lowest BCUT2D eigenvalue weighted by Gasteiger charge is -2.08. The number of hydrogen-bond donors (Lipinski definition) is 2. The number of nitrogens with one attached hydrogen (secondary N) is 2. The van der Waals surface area contributed by atoms with Gasteiger partial charge in [0.2, 0.25) is 5.91 Å². The van der Waals surface area contributed by atoms with E-state index in [4.69, 9.17) is 16.3 Å². The zero-order valence-electron chi connectivity index (χ0n) is 11.4. The van der Waals surface area contributed by atoms with Crippen molar-refractivity contribution in [2.75, 3.05) is 25.1 Å². The van der Waals surface area contributed by atoms with Crippen molar-refractivity contribution >= 4 is 23.2 Å². The molecule has 2 N–H and O–H groups in total. The molecule has 0 unspecified atom stereocenters. The average molecular weight is 285 g/mol. The summed E-state index contributed by atoms with van der Waals surface area (Å²) in [6.45, 7) is 5.75. The van der Waals surface area contributed by atoms with Gasteiger partial charge in [0.1, 0.15) is 6.61 Å². The topological polar surface area (TPSA) is 50.4 Å². The van der Waals surface area contributed by atoms with E-state index in [1.807, 2.05) is 0 Å². The Hall–Kier alpha value is -1.10. The predicted octanol–water partition coefficient (Wildman–Crippen LogP) is 2.68. The predicted molar refractivity (Wildman–Crippen MR) is 78.7 cm³/mol. The lowest BCUT2D eigenvalue weighted by molar-refractivity contribution is -0.120. The fraction of sp³-hybridized carbons (Fsp3) is 0.500. The molecule has 4 nitrogen and oxygen atoms in total. The van der Waals surface area contributed by atoms with Gasteiger partial charge in [-0.15, -0.1) is 0 Å². The van der Waals surface area contributed by atoms with Crippen molar-refractivity contribution in [3.8, 4) is 0 Å². The molecule has 19 heavy (non-hydrogen) atoms. The van der Waals surface area contributed by atoms with Crippen LogP contribution in [0.25, 0.3) is 0 Å². The van der Waals surface area contributed by atoms with Crippen molar-refractivity contribution in [2.45, 2.75) is 26.3 Å². The fourth-order valence-corrected chi connectivity index (χ4v) is 1.59. The molecule has 0 aliphatic rings. The quantitative estimate of drug-likeness (QED) is 0.722. The molecule has 0 aliphatic carbocycles. The second-order valence-corrected chi connectivity index (χ2v) is 5.01. The highest BCUT2D eigenvalue weighted by atomic mass is 35.5. The number of amides is 1. The second kappa shape index (κ2) is 8.91. The minimum Gasteiger partial charge on any atom is -0.372 e. The third-order valence-corrected chi connectivity index (χ3v) is 2.63. The van der Waals surface area contributed by atoms with Crippen LogP contribution in [0.3, 0.4) is 0 Å². The van der Waals surface area contributed by atoms with E-state index in [0.717, 1.165) is 18.7 Å². The second-order valence-electron chi connectivity index (χ2n) is 4.57.